The van der Waals surface area contributed by atoms with Gasteiger partial charge in [0.05, 0.1) is 17.9 Å². The van der Waals surface area contributed by atoms with Crippen LogP contribution in [0.2, 0.25) is 0 Å². The maximum atomic E-state index is 10.6. The Kier molecular flexibility index (Phi) is 4.28. The van der Waals surface area contributed by atoms with E-state index in [1.165, 1.54) is 0 Å². The summed E-state index contributed by atoms with van der Waals surface area (Å²) < 4.78 is 26.6. The van der Waals surface area contributed by atoms with Crippen LogP contribution in [-0.2, 0) is 10.0 Å². The maximum Gasteiger partial charge on any atom is 0.209 e. The summed E-state index contributed by atoms with van der Waals surface area (Å²) in [6, 6.07) is 8.76. The lowest BCUT2D eigenvalue weighted by atomic mass is 10.2. The van der Waals surface area contributed by atoms with Crippen LogP contribution in [0.1, 0.15) is 12.0 Å². The molecule has 0 amide bonds. The van der Waals surface area contributed by atoms with E-state index in [2.05, 4.69) is 0 Å². The molecule has 0 aliphatic heterocycles. The van der Waals surface area contributed by atoms with Crippen molar-refractivity contribution in [3.05, 3.63) is 29.8 Å². The summed E-state index contributed by atoms with van der Waals surface area (Å²) in [5, 5.41) is 13.6. The number of hydrogen-bond acceptors (Lipinski definition) is 4. The first-order chi connectivity index (χ1) is 7.53. The van der Waals surface area contributed by atoms with E-state index in [-0.39, 0.29) is 12.4 Å². The van der Waals surface area contributed by atoms with Crippen LogP contribution in [0.5, 0.6) is 5.75 Å². The molecule has 0 spiro atoms. The van der Waals surface area contributed by atoms with E-state index in [9.17, 15) is 8.42 Å². The van der Waals surface area contributed by atoms with Crippen LogP contribution in [0.4, 0.5) is 0 Å². The molecule has 0 radical (unpaired) electrons. The lowest BCUT2D eigenvalue weighted by molar-refractivity contribution is 0.317. The highest BCUT2D eigenvalue weighted by Crippen LogP contribution is 2.16. The van der Waals surface area contributed by atoms with Crippen LogP contribution in [0.15, 0.2) is 24.3 Å². The zero-order valence-corrected chi connectivity index (χ0v) is 9.40. The zero-order valence-electron chi connectivity index (χ0n) is 8.59. The van der Waals surface area contributed by atoms with Crippen molar-refractivity contribution in [2.24, 2.45) is 5.14 Å². The Morgan fingerprint density at radius 3 is 2.69 bits per heavy atom. The number of primary sulfonamides is 1. The van der Waals surface area contributed by atoms with Gasteiger partial charge in [-0.15, -0.1) is 0 Å². The molecule has 16 heavy (non-hydrogen) atoms. The second-order valence-electron chi connectivity index (χ2n) is 3.18. The third kappa shape index (κ3) is 4.29. The molecule has 86 valence electrons. The van der Waals surface area contributed by atoms with Crippen molar-refractivity contribution in [2.75, 3.05) is 12.4 Å². The van der Waals surface area contributed by atoms with Crippen LogP contribution < -0.4 is 9.88 Å². The van der Waals surface area contributed by atoms with Crippen molar-refractivity contribution >= 4 is 10.0 Å². The summed E-state index contributed by atoms with van der Waals surface area (Å²) in [7, 11) is -3.44. The van der Waals surface area contributed by atoms with Gasteiger partial charge in [0, 0.05) is 0 Å². The summed E-state index contributed by atoms with van der Waals surface area (Å²) in [5.74, 6) is 0.335. The Bertz CT molecular complexity index is 491. The molecular weight excluding hydrogens is 228 g/mol. The first kappa shape index (κ1) is 12.5. The molecule has 0 saturated carbocycles. The quantitative estimate of drug-likeness (QED) is 0.763. The molecule has 0 atom stereocenters. The van der Waals surface area contributed by atoms with E-state index < -0.39 is 10.0 Å². The van der Waals surface area contributed by atoms with Gasteiger partial charge in [0.1, 0.15) is 11.8 Å². The summed E-state index contributed by atoms with van der Waals surface area (Å²) in [6.45, 7) is 0.217. The molecule has 0 fully saturated rings. The largest absolute Gasteiger partial charge is 0.492 e. The maximum absolute atomic E-state index is 10.6. The van der Waals surface area contributed by atoms with Crippen molar-refractivity contribution in [1.29, 1.82) is 5.26 Å². The van der Waals surface area contributed by atoms with E-state index in [0.717, 1.165) is 0 Å². The number of benzene rings is 1. The third-order valence-corrected chi connectivity index (χ3v) is 2.70. The van der Waals surface area contributed by atoms with Crippen molar-refractivity contribution in [3.63, 3.8) is 0 Å². The Morgan fingerprint density at radius 1 is 1.38 bits per heavy atom. The monoisotopic (exact) mass is 240 g/mol. The zero-order chi connectivity index (χ0) is 12.0. The Balaban J connectivity index is 2.47. The topological polar surface area (TPSA) is 93.2 Å². The normalized spacial score (nSPS) is 10.8. The highest BCUT2D eigenvalue weighted by molar-refractivity contribution is 7.89. The molecule has 1 rings (SSSR count). The number of sulfonamides is 1. The smallest absolute Gasteiger partial charge is 0.209 e. The molecule has 0 heterocycles. The van der Waals surface area contributed by atoms with Crippen molar-refractivity contribution < 1.29 is 13.2 Å². The van der Waals surface area contributed by atoms with Crippen LogP contribution in [0.3, 0.4) is 0 Å². The van der Waals surface area contributed by atoms with Gasteiger partial charge < -0.3 is 4.74 Å². The van der Waals surface area contributed by atoms with Gasteiger partial charge in [-0.3, -0.25) is 0 Å². The molecule has 0 bridgehead atoms. The summed E-state index contributed by atoms with van der Waals surface area (Å²) in [5.41, 5.74) is 0.429. The molecule has 0 unspecified atom stereocenters. The molecule has 0 aromatic heterocycles. The van der Waals surface area contributed by atoms with Crippen LogP contribution in [-0.4, -0.2) is 20.8 Å². The van der Waals surface area contributed by atoms with Gasteiger partial charge in [-0.05, 0) is 18.6 Å². The van der Waals surface area contributed by atoms with Crippen molar-refractivity contribution in [3.8, 4) is 11.8 Å². The van der Waals surface area contributed by atoms with Crippen LogP contribution >= 0.6 is 0 Å². The van der Waals surface area contributed by atoms with Crippen molar-refractivity contribution in [2.45, 2.75) is 6.42 Å². The van der Waals surface area contributed by atoms with Crippen LogP contribution in [0.25, 0.3) is 0 Å². The Hall–Kier alpha value is -1.58. The molecule has 6 heteroatoms. The van der Waals surface area contributed by atoms with Gasteiger partial charge in [0.25, 0.3) is 0 Å². The van der Waals surface area contributed by atoms with Gasteiger partial charge in [-0.1, -0.05) is 12.1 Å². The molecule has 5 nitrogen and oxygen atoms in total. The van der Waals surface area contributed by atoms with E-state index in [1.54, 1.807) is 24.3 Å². The predicted octanol–water partition coefficient (Wildman–Crippen LogP) is 0.616. The van der Waals surface area contributed by atoms with Gasteiger partial charge in [-0.2, -0.15) is 5.26 Å². The number of nitriles is 1. The molecule has 1 aromatic carbocycles. The van der Waals surface area contributed by atoms with Gasteiger partial charge in [0.15, 0.2) is 0 Å². The van der Waals surface area contributed by atoms with Gasteiger partial charge in [-0.25, -0.2) is 13.6 Å². The molecule has 2 N–H and O–H groups in total. The van der Waals surface area contributed by atoms with Gasteiger partial charge in [0.2, 0.25) is 10.0 Å². The minimum absolute atomic E-state index is 0.123. The second kappa shape index (κ2) is 5.49. The van der Waals surface area contributed by atoms with E-state index in [0.29, 0.717) is 17.7 Å². The number of hydrogen-bond donors (Lipinski definition) is 1. The van der Waals surface area contributed by atoms with E-state index in [1.807, 2.05) is 6.07 Å². The number of rotatable bonds is 5. The minimum Gasteiger partial charge on any atom is -0.492 e. The molecule has 0 saturated heterocycles. The summed E-state index contributed by atoms with van der Waals surface area (Å²) >= 11 is 0. The number of ether oxygens (including phenoxy) is 1. The first-order valence-corrected chi connectivity index (χ1v) is 6.37. The predicted molar refractivity (Wildman–Crippen MR) is 59.2 cm³/mol. The fraction of sp³-hybridized carbons (Fsp3) is 0.300. The average molecular weight is 240 g/mol. The molecular formula is C10H12N2O3S. The fourth-order valence-electron chi connectivity index (χ4n) is 1.13. The Labute approximate surface area is 94.5 Å². The number of nitrogens with zero attached hydrogens (tertiary/aromatic N) is 1. The summed E-state index contributed by atoms with van der Waals surface area (Å²) in [4.78, 5) is 0. The van der Waals surface area contributed by atoms with E-state index in [4.69, 9.17) is 15.1 Å². The van der Waals surface area contributed by atoms with E-state index >= 15 is 0 Å². The lowest BCUT2D eigenvalue weighted by Crippen LogP contribution is -2.18. The number of para-hydroxylation sites is 1. The SMILES string of the molecule is N#Cc1ccccc1OCCCS(N)(=O)=O. The summed E-state index contributed by atoms with van der Waals surface area (Å²) in [6.07, 6.45) is 0.304. The Morgan fingerprint density at radius 2 is 2.06 bits per heavy atom. The standard InChI is InChI=1S/C10H12N2O3S/c11-8-9-4-1-2-5-10(9)15-6-3-7-16(12,13)14/h1-2,4-5H,3,6-7H2,(H2,12,13,14). The second-order valence-corrected chi connectivity index (χ2v) is 4.91. The van der Waals surface area contributed by atoms with Gasteiger partial charge >= 0.3 is 0 Å². The average Bonchev–Trinajstić information content (AvgIpc) is 2.23. The highest BCUT2D eigenvalue weighted by Gasteiger charge is 2.04. The van der Waals surface area contributed by atoms with Crippen molar-refractivity contribution in [1.82, 2.24) is 0 Å². The highest BCUT2D eigenvalue weighted by atomic mass is 32.2. The lowest BCUT2D eigenvalue weighted by Gasteiger charge is -2.06. The number of nitrogens with two attached hydrogens (primary N) is 1. The fourth-order valence-corrected chi connectivity index (χ4v) is 1.65. The minimum atomic E-state index is -3.44. The van der Waals surface area contributed by atoms with Crippen LogP contribution in [0, 0.1) is 11.3 Å². The molecule has 1 aromatic rings. The first-order valence-electron chi connectivity index (χ1n) is 4.65. The third-order valence-electron chi connectivity index (χ3n) is 1.84. The molecule has 0 aliphatic carbocycles. The molecule has 0 aliphatic rings.